The van der Waals surface area contributed by atoms with E-state index in [0.717, 1.165) is 16.2 Å². The Balaban J connectivity index is 2.50. The molecule has 0 spiro atoms. The molecule has 8 heteroatoms. The molecule has 3 nitrogen and oxygen atoms in total. The van der Waals surface area contributed by atoms with Gasteiger partial charge in [-0.25, -0.2) is 8.78 Å². The molecule has 0 aromatic heterocycles. The number of benzene rings is 2. The molecular weight excluding hydrogens is 441 g/mol. The van der Waals surface area contributed by atoms with Gasteiger partial charge in [0.15, 0.2) is 17.4 Å². The SMILES string of the molecule is COc1c(F)c(F)c(C(=O)Nc2cc(C)c(I)cc2C)c(F)c1F. The molecule has 1 N–H and O–H groups in total. The Morgan fingerprint density at radius 1 is 1.00 bits per heavy atom. The first-order valence-electron chi connectivity index (χ1n) is 6.67. The molecule has 128 valence electrons. The standard InChI is InChI=1S/C16H12F4INO2/c1-6-5-9(7(2)4-8(6)21)22-16(23)10-11(17)13(19)15(24-3)14(20)12(10)18/h4-5H,1-3H3,(H,22,23). The molecule has 2 aromatic carbocycles. The summed E-state index contributed by atoms with van der Waals surface area (Å²) in [5.41, 5.74) is 0.396. The maximum Gasteiger partial charge on any atom is 0.261 e. The summed E-state index contributed by atoms with van der Waals surface area (Å²) in [5, 5.41) is 2.27. The average Bonchev–Trinajstić information content (AvgIpc) is 2.51. The third-order valence-corrected chi connectivity index (χ3v) is 4.57. The smallest absolute Gasteiger partial charge is 0.261 e. The van der Waals surface area contributed by atoms with E-state index in [0.29, 0.717) is 5.56 Å². The van der Waals surface area contributed by atoms with Gasteiger partial charge >= 0.3 is 0 Å². The van der Waals surface area contributed by atoms with Crippen LogP contribution in [0.15, 0.2) is 12.1 Å². The molecule has 0 saturated heterocycles. The minimum Gasteiger partial charge on any atom is -0.491 e. The monoisotopic (exact) mass is 453 g/mol. The van der Waals surface area contributed by atoms with E-state index in [1.54, 1.807) is 26.0 Å². The topological polar surface area (TPSA) is 38.3 Å². The van der Waals surface area contributed by atoms with Crippen LogP contribution in [0, 0.1) is 40.7 Å². The molecule has 0 radical (unpaired) electrons. The van der Waals surface area contributed by atoms with Crippen molar-refractivity contribution >= 4 is 34.2 Å². The summed E-state index contributed by atoms with van der Waals surface area (Å²) in [6, 6.07) is 3.36. The van der Waals surface area contributed by atoms with Gasteiger partial charge in [0.25, 0.3) is 5.91 Å². The summed E-state index contributed by atoms with van der Waals surface area (Å²) in [7, 11) is 0.859. The van der Waals surface area contributed by atoms with Gasteiger partial charge in [-0.15, -0.1) is 0 Å². The van der Waals surface area contributed by atoms with Crippen LogP contribution in [-0.2, 0) is 0 Å². The first-order chi connectivity index (χ1) is 11.2. The molecule has 24 heavy (non-hydrogen) atoms. The van der Waals surface area contributed by atoms with Crippen LogP contribution in [0.3, 0.4) is 0 Å². The van der Waals surface area contributed by atoms with Gasteiger partial charge in [0.1, 0.15) is 5.56 Å². The zero-order valence-electron chi connectivity index (χ0n) is 12.9. The number of amides is 1. The van der Waals surface area contributed by atoms with Crippen molar-refractivity contribution in [3.05, 3.63) is 55.7 Å². The van der Waals surface area contributed by atoms with Crippen molar-refractivity contribution in [1.29, 1.82) is 0 Å². The summed E-state index contributed by atoms with van der Waals surface area (Å²) in [6.07, 6.45) is 0. The summed E-state index contributed by atoms with van der Waals surface area (Å²) >= 11 is 2.09. The number of nitrogens with one attached hydrogen (secondary N) is 1. The van der Waals surface area contributed by atoms with E-state index in [-0.39, 0.29) is 5.69 Å². The molecule has 0 aliphatic heterocycles. The second-order valence-electron chi connectivity index (χ2n) is 5.03. The minimum absolute atomic E-state index is 0.286. The van der Waals surface area contributed by atoms with Crippen LogP contribution in [0.4, 0.5) is 23.2 Å². The molecule has 0 bridgehead atoms. The van der Waals surface area contributed by atoms with Crippen molar-refractivity contribution in [3.8, 4) is 5.75 Å². The lowest BCUT2D eigenvalue weighted by atomic mass is 10.1. The highest BCUT2D eigenvalue weighted by Gasteiger charge is 2.30. The quantitative estimate of drug-likeness (QED) is 0.415. The molecule has 2 rings (SSSR count). The summed E-state index contributed by atoms with van der Waals surface area (Å²) in [4.78, 5) is 12.1. The van der Waals surface area contributed by atoms with Crippen molar-refractivity contribution in [3.63, 3.8) is 0 Å². The van der Waals surface area contributed by atoms with Gasteiger partial charge in [0.05, 0.1) is 7.11 Å². The third-order valence-electron chi connectivity index (χ3n) is 3.41. The molecular formula is C16H12F4INO2. The Bertz CT molecular complexity index is 811. The maximum absolute atomic E-state index is 14.0. The van der Waals surface area contributed by atoms with E-state index in [1.807, 2.05) is 0 Å². The van der Waals surface area contributed by atoms with Gasteiger partial charge in [0.2, 0.25) is 11.6 Å². The summed E-state index contributed by atoms with van der Waals surface area (Å²) in [5.74, 6) is -9.68. The maximum atomic E-state index is 14.0. The van der Waals surface area contributed by atoms with Crippen molar-refractivity contribution in [2.45, 2.75) is 13.8 Å². The van der Waals surface area contributed by atoms with E-state index >= 15 is 0 Å². The van der Waals surface area contributed by atoms with Crippen LogP contribution in [0.1, 0.15) is 21.5 Å². The van der Waals surface area contributed by atoms with Gasteiger partial charge in [-0.2, -0.15) is 8.78 Å². The predicted molar refractivity (Wildman–Crippen MR) is 89.4 cm³/mol. The van der Waals surface area contributed by atoms with Gasteiger partial charge < -0.3 is 10.1 Å². The fraction of sp³-hybridized carbons (Fsp3) is 0.188. The van der Waals surface area contributed by atoms with Crippen LogP contribution >= 0.6 is 22.6 Å². The number of aryl methyl sites for hydroxylation is 2. The first kappa shape index (κ1) is 18.5. The van der Waals surface area contributed by atoms with Crippen molar-refractivity contribution < 1.29 is 27.1 Å². The van der Waals surface area contributed by atoms with Gasteiger partial charge in [-0.3, -0.25) is 4.79 Å². The number of hydrogen-bond acceptors (Lipinski definition) is 2. The van der Waals surface area contributed by atoms with Gasteiger partial charge in [-0.1, -0.05) is 0 Å². The van der Waals surface area contributed by atoms with E-state index in [4.69, 9.17) is 0 Å². The molecule has 0 fully saturated rings. The second kappa shape index (κ2) is 6.96. The van der Waals surface area contributed by atoms with Crippen LogP contribution in [0.25, 0.3) is 0 Å². The number of halogens is 5. The average molecular weight is 453 g/mol. The third kappa shape index (κ3) is 3.19. The number of carbonyl (C=O) groups is 1. The molecule has 0 atom stereocenters. The normalized spacial score (nSPS) is 10.7. The number of hydrogen-bond donors (Lipinski definition) is 1. The lowest BCUT2D eigenvalue weighted by Gasteiger charge is -2.13. The minimum atomic E-state index is -1.82. The number of ether oxygens (including phenoxy) is 1. The lowest BCUT2D eigenvalue weighted by molar-refractivity contribution is 0.101. The van der Waals surface area contributed by atoms with Crippen LogP contribution in [0.5, 0.6) is 5.75 Å². The highest BCUT2D eigenvalue weighted by atomic mass is 127. The molecule has 0 unspecified atom stereocenters. The molecule has 1 amide bonds. The number of methoxy groups -OCH3 is 1. The van der Waals surface area contributed by atoms with E-state index < -0.39 is 40.5 Å². The van der Waals surface area contributed by atoms with Gasteiger partial charge in [-0.05, 0) is 59.7 Å². The van der Waals surface area contributed by atoms with E-state index in [1.165, 1.54) is 0 Å². The number of carbonyl (C=O) groups excluding carboxylic acids is 1. The first-order valence-corrected chi connectivity index (χ1v) is 7.74. The fourth-order valence-corrected chi connectivity index (χ4v) is 2.71. The van der Waals surface area contributed by atoms with Crippen LogP contribution in [-0.4, -0.2) is 13.0 Å². The van der Waals surface area contributed by atoms with E-state index in [2.05, 4.69) is 32.6 Å². The summed E-state index contributed by atoms with van der Waals surface area (Å²) < 4.78 is 60.6. The highest BCUT2D eigenvalue weighted by Crippen LogP contribution is 2.30. The Labute approximate surface area is 149 Å². The van der Waals surface area contributed by atoms with Crippen molar-refractivity contribution in [2.24, 2.45) is 0 Å². The van der Waals surface area contributed by atoms with E-state index in [9.17, 15) is 22.4 Å². The Hall–Kier alpha value is -1.84. The molecule has 2 aromatic rings. The Morgan fingerprint density at radius 2 is 1.54 bits per heavy atom. The van der Waals surface area contributed by atoms with Crippen LogP contribution < -0.4 is 10.1 Å². The number of anilines is 1. The second-order valence-corrected chi connectivity index (χ2v) is 6.20. The molecule has 0 heterocycles. The lowest BCUT2D eigenvalue weighted by Crippen LogP contribution is -2.19. The largest absolute Gasteiger partial charge is 0.491 e. The zero-order valence-corrected chi connectivity index (χ0v) is 15.0. The zero-order chi connectivity index (χ0) is 18.2. The highest BCUT2D eigenvalue weighted by molar-refractivity contribution is 14.1. The van der Waals surface area contributed by atoms with Gasteiger partial charge in [0, 0.05) is 9.26 Å². The molecule has 0 aliphatic rings. The Morgan fingerprint density at radius 3 is 2.04 bits per heavy atom. The van der Waals surface area contributed by atoms with Crippen molar-refractivity contribution in [1.82, 2.24) is 0 Å². The predicted octanol–water partition coefficient (Wildman–Crippen LogP) is 4.73. The summed E-state index contributed by atoms with van der Waals surface area (Å²) in [6.45, 7) is 3.46. The van der Waals surface area contributed by atoms with Crippen molar-refractivity contribution in [2.75, 3.05) is 12.4 Å². The number of rotatable bonds is 3. The molecule has 0 saturated carbocycles. The fourth-order valence-electron chi connectivity index (χ4n) is 2.09. The Kier molecular flexibility index (Phi) is 5.36. The van der Waals surface area contributed by atoms with Crippen LogP contribution in [0.2, 0.25) is 0 Å². The molecule has 0 aliphatic carbocycles.